The highest BCUT2D eigenvalue weighted by Gasteiger charge is 2.24. The Morgan fingerprint density at radius 3 is 2.14 bits per heavy atom. The first-order chi connectivity index (χ1) is 10.1. The van der Waals surface area contributed by atoms with Crippen molar-refractivity contribution in [2.75, 3.05) is 11.4 Å². The van der Waals surface area contributed by atoms with Gasteiger partial charge in [-0.3, -0.25) is 9.59 Å². The van der Waals surface area contributed by atoms with Crippen LogP contribution < -0.4 is 4.90 Å². The Bertz CT molecular complexity index is 439. The van der Waals surface area contributed by atoms with Crippen LogP contribution in [0.1, 0.15) is 46.0 Å². The molecule has 21 heavy (non-hydrogen) atoms. The van der Waals surface area contributed by atoms with E-state index in [-0.39, 0.29) is 24.8 Å². The summed E-state index contributed by atoms with van der Waals surface area (Å²) in [6, 6.07) is 9.33. The van der Waals surface area contributed by atoms with Crippen molar-refractivity contribution in [2.24, 2.45) is 5.92 Å². The van der Waals surface area contributed by atoms with Gasteiger partial charge in [0.05, 0.1) is 6.42 Å². The third-order valence-electron chi connectivity index (χ3n) is 3.51. The molecule has 4 heteroatoms. The average molecular weight is 291 g/mol. The van der Waals surface area contributed by atoms with Crippen LogP contribution in [0.3, 0.4) is 0 Å². The van der Waals surface area contributed by atoms with Crippen molar-refractivity contribution in [2.45, 2.75) is 46.0 Å². The molecule has 0 atom stereocenters. The normalized spacial score (nSPS) is 10.6. The van der Waals surface area contributed by atoms with E-state index in [1.165, 1.54) is 0 Å². The van der Waals surface area contributed by atoms with Crippen LogP contribution in [-0.2, 0) is 9.59 Å². The SMILES string of the molecule is CCCC(CCC)C(=O)N(CCC(=O)O)c1ccccc1. The van der Waals surface area contributed by atoms with Gasteiger partial charge in [0.25, 0.3) is 0 Å². The van der Waals surface area contributed by atoms with Gasteiger partial charge < -0.3 is 10.0 Å². The van der Waals surface area contributed by atoms with E-state index in [1.54, 1.807) is 4.90 Å². The van der Waals surface area contributed by atoms with Crippen LogP contribution in [0.4, 0.5) is 5.69 Å². The number of rotatable bonds is 9. The minimum atomic E-state index is -0.883. The zero-order chi connectivity index (χ0) is 15.7. The van der Waals surface area contributed by atoms with Crippen molar-refractivity contribution < 1.29 is 14.7 Å². The third kappa shape index (κ3) is 5.58. The molecule has 0 aliphatic rings. The summed E-state index contributed by atoms with van der Waals surface area (Å²) in [5.74, 6) is -0.855. The summed E-state index contributed by atoms with van der Waals surface area (Å²) >= 11 is 0. The van der Waals surface area contributed by atoms with Gasteiger partial charge >= 0.3 is 5.97 Å². The van der Waals surface area contributed by atoms with Gasteiger partial charge in [0.15, 0.2) is 0 Å². The molecular formula is C17H25NO3. The second kappa shape index (κ2) is 9.16. The molecule has 0 aliphatic heterocycles. The minimum absolute atomic E-state index is 0.0194. The summed E-state index contributed by atoms with van der Waals surface area (Å²) in [6.07, 6.45) is 3.58. The smallest absolute Gasteiger partial charge is 0.305 e. The molecule has 0 unspecified atom stereocenters. The van der Waals surface area contributed by atoms with Gasteiger partial charge in [0.1, 0.15) is 0 Å². The van der Waals surface area contributed by atoms with Crippen LogP contribution in [0.2, 0.25) is 0 Å². The Kier molecular flexibility index (Phi) is 7.51. The fourth-order valence-corrected chi connectivity index (χ4v) is 2.49. The highest BCUT2D eigenvalue weighted by atomic mass is 16.4. The number of carbonyl (C=O) groups excluding carboxylic acids is 1. The molecule has 0 aromatic heterocycles. The number of carbonyl (C=O) groups is 2. The number of carboxylic acid groups (broad SMARTS) is 1. The lowest BCUT2D eigenvalue weighted by Gasteiger charge is -2.27. The first kappa shape index (κ1) is 17.2. The lowest BCUT2D eigenvalue weighted by Crippen LogP contribution is -2.37. The minimum Gasteiger partial charge on any atom is -0.481 e. The number of para-hydroxylation sites is 1. The maximum atomic E-state index is 12.8. The first-order valence-electron chi connectivity index (χ1n) is 7.68. The van der Waals surface area contributed by atoms with Crippen LogP contribution in [0.5, 0.6) is 0 Å². The Morgan fingerprint density at radius 1 is 1.10 bits per heavy atom. The maximum Gasteiger partial charge on any atom is 0.305 e. The van der Waals surface area contributed by atoms with Gasteiger partial charge in [-0.2, -0.15) is 0 Å². The molecule has 0 aliphatic carbocycles. The predicted octanol–water partition coefficient (Wildman–Crippen LogP) is 3.71. The summed E-state index contributed by atoms with van der Waals surface area (Å²) in [5, 5.41) is 8.90. The standard InChI is InChI=1S/C17H25NO3/c1-3-8-14(9-4-2)17(21)18(13-12-16(19)20)15-10-6-5-7-11-15/h5-7,10-11,14H,3-4,8-9,12-13H2,1-2H3,(H,19,20). The number of anilines is 1. The highest BCUT2D eigenvalue weighted by molar-refractivity contribution is 5.95. The van der Waals surface area contributed by atoms with Crippen molar-refractivity contribution in [3.63, 3.8) is 0 Å². The van der Waals surface area contributed by atoms with Crippen LogP contribution >= 0.6 is 0 Å². The summed E-state index contributed by atoms with van der Waals surface area (Å²) < 4.78 is 0. The number of hydrogen-bond donors (Lipinski definition) is 1. The molecule has 1 aromatic carbocycles. The van der Waals surface area contributed by atoms with Crippen molar-refractivity contribution in [1.29, 1.82) is 0 Å². The van der Waals surface area contributed by atoms with E-state index in [0.29, 0.717) is 0 Å². The molecule has 1 amide bonds. The first-order valence-corrected chi connectivity index (χ1v) is 7.68. The maximum absolute atomic E-state index is 12.8. The highest BCUT2D eigenvalue weighted by Crippen LogP contribution is 2.22. The molecule has 0 radical (unpaired) electrons. The fourth-order valence-electron chi connectivity index (χ4n) is 2.49. The molecular weight excluding hydrogens is 266 g/mol. The molecule has 116 valence electrons. The number of benzene rings is 1. The van der Waals surface area contributed by atoms with Crippen molar-refractivity contribution in [3.8, 4) is 0 Å². The molecule has 4 nitrogen and oxygen atoms in total. The van der Waals surface area contributed by atoms with Crippen molar-refractivity contribution in [1.82, 2.24) is 0 Å². The van der Waals surface area contributed by atoms with E-state index in [2.05, 4.69) is 13.8 Å². The average Bonchev–Trinajstić information content (AvgIpc) is 2.48. The summed E-state index contributed by atoms with van der Waals surface area (Å²) in [6.45, 7) is 4.36. The summed E-state index contributed by atoms with van der Waals surface area (Å²) in [4.78, 5) is 25.2. The number of carboxylic acids is 1. The molecule has 0 saturated carbocycles. The zero-order valence-corrected chi connectivity index (χ0v) is 12.9. The van der Waals surface area contributed by atoms with Gasteiger partial charge in [-0.15, -0.1) is 0 Å². The number of nitrogens with zero attached hydrogens (tertiary/aromatic N) is 1. The third-order valence-corrected chi connectivity index (χ3v) is 3.51. The predicted molar refractivity (Wildman–Crippen MR) is 84.4 cm³/mol. The van der Waals surface area contributed by atoms with Crippen LogP contribution in [0.15, 0.2) is 30.3 Å². The molecule has 1 aromatic rings. The topological polar surface area (TPSA) is 57.6 Å². The number of aliphatic carboxylic acids is 1. The second-order valence-electron chi connectivity index (χ2n) is 5.24. The Morgan fingerprint density at radius 2 is 1.67 bits per heavy atom. The molecule has 0 saturated heterocycles. The van der Waals surface area contributed by atoms with E-state index in [4.69, 9.17) is 5.11 Å². The van der Waals surface area contributed by atoms with E-state index >= 15 is 0 Å². The molecule has 0 bridgehead atoms. The lowest BCUT2D eigenvalue weighted by molar-refractivity contribution is -0.136. The van der Waals surface area contributed by atoms with E-state index in [0.717, 1.165) is 31.4 Å². The Hall–Kier alpha value is -1.84. The molecule has 0 spiro atoms. The van der Waals surface area contributed by atoms with Crippen molar-refractivity contribution in [3.05, 3.63) is 30.3 Å². The summed E-state index contributed by atoms with van der Waals surface area (Å²) in [5.41, 5.74) is 0.779. The molecule has 1 rings (SSSR count). The van der Waals surface area contributed by atoms with Crippen LogP contribution in [-0.4, -0.2) is 23.5 Å². The van der Waals surface area contributed by atoms with Gasteiger partial charge in [-0.05, 0) is 25.0 Å². The van der Waals surface area contributed by atoms with Crippen LogP contribution in [0.25, 0.3) is 0 Å². The van der Waals surface area contributed by atoms with E-state index in [1.807, 2.05) is 30.3 Å². The quantitative estimate of drug-likeness (QED) is 0.754. The van der Waals surface area contributed by atoms with Crippen molar-refractivity contribution >= 4 is 17.6 Å². The monoisotopic (exact) mass is 291 g/mol. The van der Waals surface area contributed by atoms with Crippen LogP contribution in [0, 0.1) is 5.92 Å². The summed E-state index contributed by atoms with van der Waals surface area (Å²) in [7, 11) is 0. The second-order valence-corrected chi connectivity index (χ2v) is 5.24. The molecule has 1 N–H and O–H groups in total. The molecule has 0 heterocycles. The fraction of sp³-hybridized carbons (Fsp3) is 0.529. The Labute approximate surface area is 126 Å². The van der Waals surface area contributed by atoms with Gasteiger partial charge in [-0.25, -0.2) is 0 Å². The van der Waals surface area contributed by atoms with Gasteiger partial charge in [-0.1, -0.05) is 44.9 Å². The van der Waals surface area contributed by atoms with E-state index in [9.17, 15) is 9.59 Å². The van der Waals surface area contributed by atoms with Gasteiger partial charge in [0, 0.05) is 18.2 Å². The largest absolute Gasteiger partial charge is 0.481 e. The lowest BCUT2D eigenvalue weighted by atomic mass is 9.96. The number of hydrogen-bond acceptors (Lipinski definition) is 2. The van der Waals surface area contributed by atoms with Gasteiger partial charge in [0.2, 0.25) is 5.91 Å². The molecule has 0 fully saturated rings. The Balaban J connectivity index is 2.93. The number of amides is 1. The zero-order valence-electron chi connectivity index (χ0n) is 12.9. The van der Waals surface area contributed by atoms with E-state index < -0.39 is 5.97 Å².